The second-order valence-corrected chi connectivity index (χ2v) is 6.48. The summed E-state index contributed by atoms with van der Waals surface area (Å²) < 4.78 is 0. The van der Waals surface area contributed by atoms with Gasteiger partial charge in [-0.2, -0.15) is 0 Å². The van der Waals surface area contributed by atoms with Crippen LogP contribution in [0.5, 0.6) is 0 Å². The van der Waals surface area contributed by atoms with Crippen LogP contribution in [-0.2, 0) is 0 Å². The molecule has 0 spiro atoms. The molecule has 8 heteroatoms. The summed E-state index contributed by atoms with van der Waals surface area (Å²) in [7, 11) is 3.72. The van der Waals surface area contributed by atoms with Gasteiger partial charge in [0.15, 0.2) is 0 Å². The number of anilines is 2. The molecule has 0 aliphatic carbocycles. The van der Waals surface area contributed by atoms with Gasteiger partial charge >= 0.3 is 6.03 Å². The minimum atomic E-state index is -0.277. The lowest BCUT2D eigenvalue weighted by Crippen LogP contribution is -2.31. The van der Waals surface area contributed by atoms with Gasteiger partial charge in [0, 0.05) is 37.6 Å². The average Bonchev–Trinajstić information content (AvgIpc) is 2.92. The quantitative estimate of drug-likeness (QED) is 0.883. The molecular weight excluding hydrogens is 300 g/mol. The van der Waals surface area contributed by atoms with Crippen LogP contribution < -0.4 is 15.5 Å². The van der Waals surface area contributed by atoms with Gasteiger partial charge in [-0.1, -0.05) is 6.92 Å². The second kappa shape index (κ2) is 7.17. The van der Waals surface area contributed by atoms with Gasteiger partial charge in [-0.15, -0.1) is 11.3 Å². The number of aryl methyl sites for hydroxylation is 1. The predicted octanol–water partition coefficient (Wildman–Crippen LogP) is 2.23. The van der Waals surface area contributed by atoms with Crippen molar-refractivity contribution in [3.8, 4) is 0 Å². The van der Waals surface area contributed by atoms with Crippen molar-refractivity contribution in [1.82, 2.24) is 20.3 Å². The number of aromatic nitrogens is 3. The summed E-state index contributed by atoms with van der Waals surface area (Å²) in [6, 6.07) is -0.277. The van der Waals surface area contributed by atoms with E-state index in [1.165, 1.54) is 4.88 Å². The van der Waals surface area contributed by atoms with Crippen LogP contribution in [0.25, 0.3) is 0 Å². The lowest BCUT2D eigenvalue weighted by Gasteiger charge is -2.12. The van der Waals surface area contributed by atoms with E-state index in [2.05, 4.69) is 25.6 Å². The predicted molar refractivity (Wildman–Crippen MR) is 88.6 cm³/mol. The van der Waals surface area contributed by atoms with E-state index in [1.807, 2.05) is 34.1 Å². The van der Waals surface area contributed by atoms with Gasteiger partial charge in [0.05, 0.1) is 23.1 Å². The lowest BCUT2D eigenvalue weighted by atomic mass is 10.2. The smallest absolute Gasteiger partial charge is 0.319 e. The number of amides is 2. The number of carbonyl (C=O) groups is 1. The van der Waals surface area contributed by atoms with Crippen LogP contribution in [-0.4, -0.2) is 41.6 Å². The van der Waals surface area contributed by atoms with Crippen LogP contribution in [0.3, 0.4) is 0 Å². The highest BCUT2D eigenvalue weighted by molar-refractivity contribution is 7.11. The molecular formula is C14H20N6OS. The Labute approximate surface area is 133 Å². The Morgan fingerprint density at radius 3 is 2.50 bits per heavy atom. The third kappa shape index (κ3) is 4.39. The molecule has 0 bridgehead atoms. The third-order valence-corrected chi connectivity index (χ3v) is 4.07. The van der Waals surface area contributed by atoms with E-state index >= 15 is 0 Å². The highest BCUT2D eigenvalue weighted by Crippen LogP contribution is 2.20. The molecule has 0 saturated heterocycles. The summed E-state index contributed by atoms with van der Waals surface area (Å²) in [5.74, 6) is 0.774. The summed E-state index contributed by atoms with van der Waals surface area (Å²) in [5, 5.41) is 6.56. The zero-order valence-corrected chi connectivity index (χ0v) is 13.9. The molecule has 0 radical (unpaired) electrons. The summed E-state index contributed by atoms with van der Waals surface area (Å²) >= 11 is 1.65. The monoisotopic (exact) mass is 320 g/mol. The van der Waals surface area contributed by atoms with Crippen LogP contribution in [0, 0.1) is 6.92 Å². The van der Waals surface area contributed by atoms with Gasteiger partial charge in [-0.25, -0.2) is 19.7 Å². The molecule has 7 nitrogen and oxygen atoms in total. The van der Waals surface area contributed by atoms with Crippen LogP contribution in [0.1, 0.15) is 22.7 Å². The number of thiazole rings is 1. The van der Waals surface area contributed by atoms with Crippen molar-refractivity contribution in [3.05, 3.63) is 28.5 Å². The van der Waals surface area contributed by atoms with E-state index < -0.39 is 0 Å². The number of nitrogens with zero attached hydrogens (tertiary/aromatic N) is 4. The molecule has 1 atom stereocenters. The number of nitrogens with one attached hydrogen (secondary N) is 2. The maximum absolute atomic E-state index is 11.9. The zero-order chi connectivity index (χ0) is 16.1. The van der Waals surface area contributed by atoms with E-state index in [0.29, 0.717) is 18.2 Å². The summed E-state index contributed by atoms with van der Waals surface area (Å²) in [5.41, 5.74) is 0.556. The summed E-state index contributed by atoms with van der Waals surface area (Å²) in [6.07, 6.45) is 5.01. The van der Waals surface area contributed by atoms with Crippen molar-refractivity contribution in [2.75, 3.05) is 30.9 Å². The van der Waals surface area contributed by atoms with E-state index in [4.69, 9.17) is 0 Å². The maximum atomic E-state index is 11.9. The lowest BCUT2D eigenvalue weighted by molar-refractivity contribution is 0.251. The number of hydrogen-bond donors (Lipinski definition) is 2. The van der Waals surface area contributed by atoms with E-state index in [1.54, 1.807) is 28.6 Å². The molecule has 0 saturated carbocycles. The van der Waals surface area contributed by atoms with Crippen molar-refractivity contribution >= 4 is 29.0 Å². The number of hydrogen-bond acceptors (Lipinski definition) is 6. The highest BCUT2D eigenvalue weighted by Gasteiger charge is 2.11. The van der Waals surface area contributed by atoms with Crippen molar-refractivity contribution in [3.63, 3.8) is 0 Å². The van der Waals surface area contributed by atoms with Gasteiger partial charge in [0.2, 0.25) is 5.95 Å². The van der Waals surface area contributed by atoms with E-state index in [0.717, 1.165) is 5.01 Å². The van der Waals surface area contributed by atoms with Crippen molar-refractivity contribution < 1.29 is 4.79 Å². The molecule has 22 heavy (non-hydrogen) atoms. The molecule has 2 amide bonds. The van der Waals surface area contributed by atoms with Crippen LogP contribution in [0.2, 0.25) is 0 Å². The Morgan fingerprint density at radius 2 is 1.95 bits per heavy atom. The number of carbonyl (C=O) groups excluding carboxylic acids is 1. The highest BCUT2D eigenvalue weighted by atomic mass is 32.1. The first-order valence-electron chi connectivity index (χ1n) is 6.92. The fourth-order valence-electron chi connectivity index (χ4n) is 1.73. The normalized spacial score (nSPS) is 11.8. The largest absolute Gasteiger partial charge is 0.347 e. The van der Waals surface area contributed by atoms with Gasteiger partial charge in [0.25, 0.3) is 0 Å². The molecule has 2 aromatic rings. The van der Waals surface area contributed by atoms with Crippen LogP contribution in [0.4, 0.5) is 16.4 Å². The molecule has 2 heterocycles. The summed E-state index contributed by atoms with van der Waals surface area (Å²) in [4.78, 5) is 27.4. The van der Waals surface area contributed by atoms with Gasteiger partial charge in [-0.3, -0.25) is 0 Å². The second-order valence-electron chi connectivity index (χ2n) is 5.21. The van der Waals surface area contributed by atoms with Crippen molar-refractivity contribution in [2.45, 2.75) is 19.8 Å². The first kappa shape index (κ1) is 16.2. The molecule has 0 aliphatic rings. The molecule has 2 N–H and O–H groups in total. The Bertz CT molecular complexity index is 625. The van der Waals surface area contributed by atoms with Gasteiger partial charge in [-0.05, 0) is 6.92 Å². The van der Waals surface area contributed by atoms with Crippen molar-refractivity contribution in [2.24, 2.45) is 0 Å². The standard InChI is InChI=1S/C14H20N6OS/c1-9(12-15-6-10(2)22-12)5-18-14(21)19-11-7-16-13(17-8-11)20(3)4/h6-9H,5H2,1-4H3,(H2,18,19,21)/t9-/m0/s1. The first-order chi connectivity index (χ1) is 10.5. The SMILES string of the molecule is Cc1cnc([C@@H](C)CNC(=O)Nc2cnc(N(C)C)nc2)s1. The number of urea groups is 1. The van der Waals surface area contributed by atoms with Crippen LogP contribution in [0.15, 0.2) is 18.6 Å². The molecule has 118 valence electrons. The minimum Gasteiger partial charge on any atom is -0.347 e. The molecule has 2 rings (SSSR count). The third-order valence-electron chi connectivity index (χ3n) is 2.93. The molecule has 2 aromatic heterocycles. The molecule has 0 fully saturated rings. The fraction of sp³-hybridized carbons (Fsp3) is 0.429. The van der Waals surface area contributed by atoms with E-state index in [9.17, 15) is 4.79 Å². The van der Waals surface area contributed by atoms with Gasteiger partial charge in [0.1, 0.15) is 0 Å². The Morgan fingerprint density at radius 1 is 1.27 bits per heavy atom. The fourth-order valence-corrected chi connectivity index (χ4v) is 2.55. The topological polar surface area (TPSA) is 83.0 Å². The average molecular weight is 320 g/mol. The molecule has 0 unspecified atom stereocenters. The maximum Gasteiger partial charge on any atom is 0.319 e. The Balaban J connectivity index is 1.82. The first-order valence-corrected chi connectivity index (χ1v) is 7.74. The Hall–Kier alpha value is -2.22. The van der Waals surface area contributed by atoms with Crippen LogP contribution >= 0.6 is 11.3 Å². The van der Waals surface area contributed by atoms with Crippen molar-refractivity contribution in [1.29, 1.82) is 0 Å². The van der Waals surface area contributed by atoms with Gasteiger partial charge < -0.3 is 15.5 Å². The van der Waals surface area contributed by atoms with E-state index in [-0.39, 0.29) is 11.9 Å². The molecule has 0 aromatic carbocycles. The zero-order valence-electron chi connectivity index (χ0n) is 13.1. The Kier molecular flexibility index (Phi) is 5.26. The number of rotatable bonds is 5. The minimum absolute atomic E-state index is 0.178. The molecule has 0 aliphatic heterocycles. The summed E-state index contributed by atoms with van der Waals surface area (Å²) in [6.45, 7) is 4.58.